The van der Waals surface area contributed by atoms with E-state index in [-0.39, 0.29) is 17.5 Å². The number of nitrogens with zero attached hydrogens (tertiary/aromatic N) is 2. The highest BCUT2D eigenvalue weighted by Crippen LogP contribution is 2.33. The molecule has 0 aliphatic carbocycles. The van der Waals surface area contributed by atoms with Crippen molar-refractivity contribution >= 4 is 0 Å². The predicted octanol–water partition coefficient (Wildman–Crippen LogP) is 2.92. The maximum atomic E-state index is 13.1. The van der Waals surface area contributed by atoms with Crippen molar-refractivity contribution in [3.8, 4) is 0 Å². The SMILES string of the molecule is CC(C)N(C)CC1CCC2(COCCN(Cc3ccc(F)cc3)C2)O1. The molecule has 2 heterocycles. The Labute approximate surface area is 150 Å². The van der Waals surface area contributed by atoms with E-state index in [1.54, 1.807) is 0 Å². The fourth-order valence-electron chi connectivity index (χ4n) is 3.75. The normalized spacial score (nSPS) is 28.2. The van der Waals surface area contributed by atoms with Crippen molar-refractivity contribution in [2.45, 2.75) is 51.0 Å². The molecule has 0 N–H and O–H groups in total. The summed E-state index contributed by atoms with van der Waals surface area (Å²) in [5.74, 6) is -0.185. The van der Waals surface area contributed by atoms with Crippen LogP contribution in [0.3, 0.4) is 0 Å². The van der Waals surface area contributed by atoms with E-state index < -0.39 is 0 Å². The first-order chi connectivity index (χ1) is 12.0. The minimum absolute atomic E-state index is 0.185. The third-order valence-electron chi connectivity index (χ3n) is 5.46. The summed E-state index contributed by atoms with van der Waals surface area (Å²) in [4.78, 5) is 4.73. The Hall–Kier alpha value is -1.01. The van der Waals surface area contributed by atoms with Crippen LogP contribution < -0.4 is 0 Å². The second kappa shape index (κ2) is 8.12. The quantitative estimate of drug-likeness (QED) is 0.815. The van der Waals surface area contributed by atoms with Crippen molar-refractivity contribution in [1.29, 1.82) is 0 Å². The molecule has 3 rings (SSSR count). The molecule has 1 aromatic carbocycles. The molecule has 0 radical (unpaired) electrons. The van der Waals surface area contributed by atoms with Crippen molar-refractivity contribution < 1.29 is 13.9 Å². The van der Waals surface area contributed by atoms with Crippen LogP contribution in [-0.4, -0.2) is 67.4 Å². The van der Waals surface area contributed by atoms with Crippen molar-refractivity contribution in [2.24, 2.45) is 0 Å². The largest absolute Gasteiger partial charge is 0.377 e. The number of hydrogen-bond donors (Lipinski definition) is 0. The van der Waals surface area contributed by atoms with E-state index in [1.165, 1.54) is 12.1 Å². The van der Waals surface area contributed by atoms with Gasteiger partial charge in [-0.05, 0) is 51.4 Å². The van der Waals surface area contributed by atoms with Crippen molar-refractivity contribution in [3.63, 3.8) is 0 Å². The van der Waals surface area contributed by atoms with Crippen molar-refractivity contribution in [2.75, 3.05) is 39.9 Å². The molecular formula is C20H31FN2O2. The van der Waals surface area contributed by atoms with Gasteiger partial charge >= 0.3 is 0 Å². The zero-order valence-electron chi connectivity index (χ0n) is 15.7. The van der Waals surface area contributed by atoms with Gasteiger partial charge in [0.2, 0.25) is 0 Å². The number of ether oxygens (including phenoxy) is 2. The molecule has 140 valence electrons. The second-order valence-corrected chi connectivity index (χ2v) is 7.88. The van der Waals surface area contributed by atoms with Gasteiger partial charge in [0.05, 0.1) is 19.3 Å². The van der Waals surface area contributed by atoms with E-state index in [0.29, 0.717) is 12.6 Å². The summed E-state index contributed by atoms with van der Waals surface area (Å²) in [6, 6.07) is 7.32. The monoisotopic (exact) mass is 350 g/mol. The Morgan fingerprint density at radius 2 is 2.08 bits per heavy atom. The molecule has 0 saturated carbocycles. The molecule has 2 saturated heterocycles. The summed E-state index contributed by atoms with van der Waals surface area (Å²) >= 11 is 0. The maximum Gasteiger partial charge on any atom is 0.123 e. The van der Waals surface area contributed by atoms with Gasteiger partial charge in [-0.25, -0.2) is 4.39 Å². The Morgan fingerprint density at radius 3 is 2.80 bits per heavy atom. The van der Waals surface area contributed by atoms with E-state index in [4.69, 9.17) is 9.47 Å². The Kier molecular flexibility index (Phi) is 6.10. The number of likely N-dealkylation sites (N-methyl/N-ethyl adjacent to an activating group) is 1. The zero-order valence-corrected chi connectivity index (χ0v) is 15.7. The highest BCUT2D eigenvalue weighted by atomic mass is 19.1. The molecule has 0 amide bonds. The minimum atomic E-state index is -0.195. The predicted molar refractivity (Wildman–Crippen MR) is 97.1 cm³/mol. The third-order valence-corrected chi connectivity index (χ3v) is 5.46. The number of hydrogen-bond acceptors (Lipinski definition) is 4. The molecule has 1 spiro atoms. The highest BCUT2D eigenvalue weighted by Gasteiger charge is 2.43. The summed E-state index contributed by atoms with van der Waals surface area (Å²) in [5, 5.41) is 0. The fourth-order valence-corrected chi connectivity index (χ4v) is 3.75. The second-order valence-electron chi connectivity index (χ2n) is 7.88. The Balaban J connectivity index is 1.60. The third kappa shape index (κ3) is 5.00. The number of benzene rings is 1. The molecular weight excluding hydrogens is 319 g/mol. The molecule has 2 aliphatic rings. The van der Waals surface area contributed by atoms with Gasteiger partial charge < -0.3 is 14.4 Å². The van der Waals surface area contributed by atoms with Gasteiger partial charge in [-0.2, -0.15) is 0 Å². The summed E-state index contributed by atoms with van der Waals surface area (Å²) in [5.41, 5.74) is 0.937. The average molecular weight is 350 g/mol. The molecule has 1 aromatic rings. The van der Waals surface area contributed by atoms with Crippen LogP contribution in [0.15, 0.2) is 24.3 Å². The van der Waals surface area contributed by atoms with Gasteiger partial charge in [0.15, 0.2) is 0 Å². The van der Waals surface area contributed by atoms with Crippen LogP contribution in [-0.2, 0) is 16.0 Å². The summed E-state index contributed by atoms with van der Waals surface area (Å²) in [7, 11) is 2.16. The topological polar surface area (TPSA) is 24.9 Å². The van der Waals surface area contributed by atoms with Crippen molar-refractivity contribution in [1.82, 2.24) is 9.80 Å². The molecule has 25 heavy (non-hydrogen) atoms. The average Bonchev–Trinajstić information content (AvgIpc) is 2.84. The van der Waals surface area contributed by atoms with Crippen LogP contribution in [0.1, 0.15) is 32.3 Å². The van der Waals surface area contributed by atoms with Crippen LogP contribution in [0, 0.1) is 5.82 Å². The van der Waals surface area contributed by atoms with Crippen LogP contribution in [0.25, 0.3) is 0 Å². The minimum Gasteiger partial charge on any atom is -0.377 e. The van der Waals surface area contributed by atoms with Crippen LogP contribution >= 0.6 is 0 Å². The lowest BCUT2D eigenvalue weighted by atomic mass is 9.99. The van der Waals surface area contributed by atoms with Crippen LogP contribution in [0.4, 0.5) is 4.39 Å². The molecule has 5 heteroatoms. The summed E-state index contributed by atoms with van der Waals surface area (Å²) in [6.45, 7) is 9.37. The van der Waals surface area contributed by atoms with Gasteiger partial charge in [0.1, 0.15) is 11.4 Å². The smallest absolute Gasteiger partial charge is 0.123 e. The molecule has 2 unspecified atom stereocenters. The Morgan fingerprint density at radius 1 is 1.32 bits per heavy atom. The van der Waals surface area contributed by atoms with Crippen molar-refractivity contribution in [3.05, 3.63) is 35.6 Å². The first kappa shape index (κ1) is 18.8. The van der Waals surface area contributed by atoms with Crippen LogP contribution in [0.2, 0.25) is 0 Å². The molecule has 2 aliphatic heterocycles. The fraction of sp³-hybridized carbons (Fsp3) is 0.700. The van der Waals surface area contributed by atoms with Gasteiger partial charge in [-0.3, -0.25) is 4.90 Å². The standard InChI is InChI=1S/C20H31FN2O2/c1-16(2)22(3)13-19-8-9-20(25-19)14-23(10-11-24-15-20)12-17-4-6-18(21)7-5-17/h4-7,16,19H,8-15H2,1-3H3. The van der Waals surface area contributed by atoms with E-state index in [9.17, 15) is 4.39 Å². The molecule has 4 nitrogen and oxygen atoms in total. The lowest BCUT2D eigenvalue weighted by molar-refractivity contribution is -0.0924. The molecule has 2 fully saturated rings. The van der Waals surface area contributed by atoms with Gasteiger partial charge in [-0.1, -0.05) is 12.1 Å². The lowest BCUT2D eigenvalue weighted by Crippen LogP contribution is -2.45. The lowest BCUT2D eigenvalue weighted by Gasteiger charge is -2.33. The van der Waals surface area contributed by atoms with E-state index >= 15 is 0 Å². The van der Waals surface area contributed by atoms with Crippen LogP contribution in [0.5, 0.6) is 0 Å². The number of rotatable bonds is 5. The van der Waals surface area contributed by atoms with Gasteiger partial charge in [0, 0.05) is 32.2 Å². The summed E-state index contributed by atoms with van der Waals surface area (Å²) in [6.07, 6.45) is 2.41. The molecule has 2 atom stereocenters. The highest BCUT2D eigenvalue weighted by molar-refractivity contribution is 5.16. The van der Waals surface area contributed by atoms with E-state index in [2.05, 4.69) is 30.7 Å². The first-order valence-corrected chi connectivity index (χ1v) is 9.38. The van der Waals surface area contributed by atoms with E-state index in [0.717, 1.165) is 51.2 Å². The molecule has 0 bridgehead atoms. The zero-order chi connectivity index (χ0) is 17.9. The summed E-state index contributed by atoms with van der Waals surface area (Å²) < 4.78 is 25.5. The van der Waals surface area contributed by atoms with Gasteiger partial charge in [0.25, 0.3) is 0 Å². The number of halogens is 1. The van der Waals surface area contributed by atoms with Gasteiger partial charge in [-0.15, -0.1) is 0 Å². The maximum absolute atomic E-state index is 13.1. The Bertz CT molecular complexity index is 551. The first-order valence-electron chi connectivity index (χ1n) is 9.38. The molecule has 0 aromatic heterocycles. The van der Waals surface area contributed by atoms with E-state index in [1.807, 2.05) is 12.1 Å².